The summed E-state index contributed by atoms with van der Waals surface area (Å²) in [6, 6.07) is 7.70. The zero-order valence-corrected chi connectivity index (χ0v) is 17.6. The second-order valence-electron chi connectivity index (χ2n) is 7.62. The Kier molecular flexibility index (Phi) is 5.44. The van der Waals surface area contributed by atoms with E-state index < -0.39 is 0 Å². The highest BCUT2D eigenvalue weighted by molar-refractivity contribution is 5.85. The number of hydrogen-bond donors (Lipinski definition) is 2. The highest BCUT2D eigenvalue weighted by atomic mass is 35.5. The Morgan fingerprint density at radius 3 is 2.70 bits per heavy atom. The van der Waals surface area contributed by atoms with E-state index in [0.29, 0.717) is 28.8 Å². The molecule has 1 aromatic carbocycles. The second kappa shape index (κ2) is 8.04. The van der Waals surface area contributed by atoms with Crippen molar-refractivity contribution in [3.63, 3.8) is 0 Å². The molecule has 1 fully saturated rings. The minimum atomic E-state index is -0.151. The Labute approximate surface area is 179 Å². The third kappa shape index (κ3) is 3.53. The number of nitrogens with one attached hydrogen (secondary N) is 2. The van der Waals surface area contributed by atoms with Gasteiger partial charge in [0.15, 0.2) is 0 Å². The first-order valence-electron chi connectivity index (χ1n) is 9.83. The van der Waals surface area contributed by atoms with E-state index in [1.54, 1.807) is 16.8 Å². The third-order valence-corrected chi connectivity index (χ3v) is 5.71. The fourth-order valence-corrected chi connectivity index (χ4v) is 3.91. The van der Waals surface area contributed by atoms with Crippen LogP contribution in [0.4, 0.5) is 0 Å². The molecule has 9 heteroatoms. The molecular formula is C21H23ClN6O2. The topological polar surface area (TPSA) is 101 Å². The van der Waals surface area contributed by atoms with Crippen molar-refractivity contribution in [2.75, 3.05) is 13.1 Å². The molecule has 156 valence electrons. The lowest BCUT2D eigenvalue weighted by atomic mass is 9.94. The molecule has 0 aliphatic carbocycles. The molecule has 0 spiro atoms. The number of aromatic nitrogens is 5. The van der Waals surface area contributed by atoms with Crippen LogP contribution in [0.2, 0.25) is 0 Å². The third-order valence-electron chi connectivity index (χ3n) is 5.71. The smallest absolute Gasteiger partial charge is 0.263 e. The van der Waals surface area contributed by atoms with E-state index in [9.17, 15) is 4.79 Å². The summed E-state index contributed by atoms with van der Waals surface area (Å²) in [7, 11) is 0. The Hall–Kier alpha value is -2.97. The minimum Gasteiger partial charge on any atom is -0.333 e. The van der Waals surface area contributed by atoms with Gasteiger partial charge in [-0.3, -0.25) is 4.79 Å². The number of aromatic amines is 1. The standard InChI is InChI=1S/C21H22N6O2.ClH/c1-12-3-4-15(9-13(12)2)19-25-21(29-26-19)16-11-23-27-17(10-18(28)24-20(16)27)14-5-7-22-8-6-14;/h3-4,9-11,14,22H,5-8H2,1-2H3,(H,24,28);1H. The van der Waals surface area contributed by atoms with Gasteiger partial charge < -0.3 is 14.8 Å². The molecule has 0 atom stereocenters. The van der Waals surface area contributed by atoms with Crippen molar-refractivity contribution in [3.8, 4) is 22.8 Å². The summed E-state index contributed by atoms with van der Waals surface area (Å²) in [6.07, 6.45) is 3.63. The van der Waals surface area contributed by atoms with Crippen LogP contribution >= 0.6 is 12.4 Å². The van der Waals surface area contributed by atoms with Gasteiger partial charge >= 0.3 is 0 Å². The predicted molar refractivity (Wildman–Crippen MR) is 116 cm³/mol. The van der Waals surface area contributed by atoms with Crippen LogP contribution in [0.25, 0.3) is 28.5 Å². The van der Waals surface area contributed by atoms with Crippen LogP contribution in [0.3, 0.4) is 0 Å². The number of nitrogens with zero attached hydrogens (tertiary/aromatic N) is 4. The van der Waals surface area contributed by atoms with Crippen LogP contribution in [0, 0.1) is 13.8 Å². The van der Waals surface area contributed by atoms with Crippen molar-refractivity contribution < 1.29 is 4.52 Å². The SMILES string of the molecule is Cc1ccc(-c2noc(-c3cnn4c(C5CCNCC5)cc(=O)[nH]c34)n2)cc1C.Cl. The van der Waals surface area contributed by atoms with Crippen molar-refractivity contribution in [3.05, 3.63) is 57.6 Å². The molecule has 1 aliphatic rings. The molecule has 1 aliphatic heterocycles. The molecule has 2 N–H and O–H groups in total. The molecule has 0 saturated carbocycles. The van der Waals surface area contributed by atoms with Crippen LogP contribution in [-0.4, -0.2) is 37.8 Å². The number of hydrogen-bond acceptors (Lipinski definition) is 6. The molecular weight excluding hydrogens is 404 g/mol. The zero-order valence-electron chi connectivity index (χ0n) is 16.8. The summed E-state index contributed by atoms with van der Waals surface area (Å²) in [6.45, 7) is 6.00. The number of aryl methyl sites for hydroxylation is 2. The predicted octanol–water partition coefficient (Wildman–Crippen LogP) is 3.25. The first kappa shape index (κ1) is 20.3. The van der Waals surface area contributed by atoms with Gasteiger partial charge in [-0.2, -0.15) is 10.1 Å². The number of halogens is 1. The summed E-state index contributed by atoms with van der Waals surface area (Å²) in [5.41, 5.74) is 5.25. The molecule has 0 unspecified atom stereocenters. The molecule has 5 rings (SSSR count). The highest BCUT2D eigenvalue weighted by Crippen LogP contribution is 2.29. The van der Waals surface area contributed by atoms with Crippen LogP contribution in [0.1, 0.15) is 35.6 Å². The van der Waals surface area contributed by atoms with E-state index >= 15 is 0 Å². The lowest BCUT2D eigenvalue weighted by Crippen LogP contribution is -2.28. The van der Waals surface area contributed by atoms with Gasteiger partial charge in [0, 0.05) is 17.5 Å². The van der Waals surface area contributed by atoms with Crippen LogP contribution in [0.15, 0.2) is 39.8 Å². The van der Waals surface area contributed by atoms with Crippen molar-refractivity contribution >= 4 is 18.1 Å². The van der Waals surface area contributed by atoms with Gasteiger partial charge in [-0.25, -0.2) is 4.52 Å². The van der Waals surface area contributed by atoms with E-state index in [0.717, 1.165) is 37.2 Å². The number of fused-ring (bicyclic) bond motifs is 1. The maximum Gasteiger partial charge on any atom is 0.263 e. The van der Waals surface area contributed by atoms with E-state index in [4.69, 9.17) is 4.52 Å². The van der Waals surface area contributed by atoms with E-state index in [1.165, 1.54) is 11.1 Å². The van der Waals surface area contributed by atoms with Crippen LogP contribution in [-0.2, 0) is 0 Å². The quantitative estimate of drug-likeness (QED) is 0.521. The zero-order chi connectivity index (χ0) is 20.0. The Balaban J connectivity index is 0.00000218. The van der Waals surface area contributed by atoms with Crippen molar-refractivity contribution in [2.24, 2.45) is 0 Å². The lowest BCUT2D eigenvalue weighted by Gasteiger charge is -2.23. The first-order chi connectivity index (χ1) is 14.1. The monoisotopic (exact) mass is 426 g/mol. The first-order valence-corrected chi connectivity index (χ1v) is 9.83. The van der Waals surface area contributed by atoms with Crippen molar-refractivity contribution in [1.29, 1.82) is 0 Å². The Morgan fingerprint density at radius 1 is 1.13 bits per heavy atom. The molecule has 0 bridgehead atoms. The normalized spacial score (nSPS) is 14.7. The number of piperidine rings is 1. The second-order valence-corrected chi connectivity index (χ2v) is 7.62. The van der Waals surface area contributed by atoms with Gasteiger partial charge in [0.05, 0.1) is 11.9 Å². The van der Waals surface area contributed by atoms with E-state index in [1.807, 2.05) is 18.2 Å². The van der Waals surface area contributed by atoms with Gasteiger partial charge in [-0.15, -0.1) is 12.4 Å². The fourth-order valence-electron chi connectivity index (χ4n) is 3.91. The van der Waals surface area contributed by atoms with Crippen molar-refractivity contribution in [2.45, 2.75) is 32.6 Å². The van der Waals surface area contributed by atoms with Crippen molar-refractivity contribution in [1.82, 2.24) is 30.1 Å². The minimum absolute atomic E-state index is 0. The van der Waals surface area contributed by atoms with E-state index in [-0.39, 0.29) is 18.0 Å². The average molecular weight is 427 g/mol. The fraction of sp³-hybridized carbons (Fsp3) is 0.333. The lowest BCUT2D eigenvalue weighted by molar-refractivity contribution is 0.432. The number of rotatable bonds is 3. The number of benzene rings is 1. The molecule has 8 nitrogen and oxygen atoms in total. The van der Waals surface area contributed by atoms with Gasteiger partial charge in [0.2, 0.25) is 5.82 Å². The molecule has 0 radical (unpaired) electrons. The van der Waals surface area contributed by atoms with E-state index in [2.05, 4.69) is 39.4 Å². The summed E-state index contributed by atoms with van der Waals surface area (Å²) < 4.78 is 7.32. The van der Waals surface area contributed by atoms with Gasteiger partial charge in [0.25, 0.3) is 11.4 Å². The van der Waals surface area contributed by atoms with Gasteiger partial charge in [-0.05, 0) is 57.0 Å². The maximum atomic E-state index is 12.3. The molecule has 30 heavy (non-hydrogen) atoms. The molecule has 4 aromatic rings. The maximum absolute atomic E-state index is 12.3. The molecule has 4 heterocycles. The molecule has 3 aromatic heterocycles. The summed E-state index contributed by atoms with van der Waals surface area (Å²) in [5, 5.41) is 12.0. The van der Waals surface area contributed by atoms with Crippen LogP contribution < -0.4 is 10.9 Å². The highest BCUT2D eigenvalue weighted by Gasteiger charge is 2.22. The average Bonchev–Trinajstić information content (AvgIpc) is 3.37. The van der Waals surface area contributed by atoms with Crippen LogP contribution in [0.5, 0.6) is 0 Å². The summed E-state index contributed by atoms with van der Waals surface area (Å²) in [4.78, 5) is 19.8. The summed E-state index contributed by atoms with van der Waals surface area (Å²) >= 11 is 0. The molecule has 1 saturated heterocycles. The Morgan fingerprint density at radius 2 is 1.93 bits per heavy atom. The van der Waals surface area contributed by atoms with Gasteiger partial charge in [0.1, 0.15) is 11.2 Å². The Bertz CT molecular complexity index is 1250. The molecule has 0 amide bonds. The largest absolute Gasteiger partial charge is 0.333 e. The van der Waals surface area contributed by atoms with Gasteiger partial charge in [-0.1, -0.05) is 17.3 Å². The summed E-state index contributed by atoms with van der Waals surface area (Å²) in [5.74, 6) is 1.15. The number of H-pyrrole nitrogens is 1.